The van der Waals surface area contributed by atoms with Gasteiger partial charge in [-0.25, -0.2) is 4.79 Å². The molecular weight excluding hydrogens is 188 g/mol. The number of urea groups is 1. The maximum atomic E-state index is 10.3. The van der Waals surface area contributed by atoms with Crippen molar-refractivity contribution in [2.24, 2.45) is 5.73 Å². The fourth-order valence-corrected chi connectivity index (χ4v) is 1.09. The Balaban J connectivity index is 1.91. The molecule has 2 amide bonds. The molecule has 6 heteroatoms. The molecule has 74 valence electrons. The molecule has 0 unspecified atom stereocenters. The summed E-state index contributed by atoms with van der Waals surface area (Å²) >= 11 is 4.98. The Morgan fingerprint density at radius 1 is 1.38 bits per heavy atom. The molecule has 0 bridgehead atoms. The minimum Gasteiger partial charge on any atom is -0.361 e. The van der Waals surface area contributed by atoms with Crippen LogP contribution < -0.4 is 21.7 Å². The number of amides is 2. The van der Waals surface area contributed by atoms with Gasteiger partial charge in [-0.15, -0.1) is 0 Å². The average molecular weight is 202 g/mol. The molecule has 0 aromatic heterocycles. The van der Waals surface area contributed by atoms with Crippen LogP contribution in [0.3, 0.4) is 0 Å². The summed E-state index contributed by atoms with van der Waals surface area (Å²) in [5.41, 5.74) is 4.87. The predicted molar refractivity (Wildman–Crippen MR) is 54.3 cm³/mol. The normalized spacial score (nSPS) is 14.8. The highest BCUT2D eigenvalue weighted by Crippen LogP contribution is 2.18. The van der Waals surface area contributed by atoms with Crippen LogP contribution in [0.4, 0.5) is 4.79 Å². The van der Waals surface area contributed by atoms with Gasteiger partial charge in [0.25, 0.3) is 0 Å². The van der Waals surface area contributed by atoms with Gasteiger partial charge in [-0.2, -0.15) is 0 Å². The van der Waals surface area contributed by atoms with E-state index in [1.54, 1.807) is 0 Å². The van der Waals surface area contributed by atoms with Crippen molar-refractivity contribution in [3.63, 3.8) is 0 Å². The first kappa shape index (κ1) is 10.0. The lowest BCUT2D eigenvalue weighted by Crippen LogP contribution is -2.41. The van der Waals surface area contributed by atoms with Gasteiger partial charge in [0.05, 0.1) is 0 Å². The molecule has 0 aromatic rings. The van der Waals surface area contributed by atoms with Gasteiger partial charge in [0, 0.05) is 19.1 Å². The molecular formula is C7H14N4OS. The van der Waals surface area contributed by atoms with Crippen molar-refractivity contribution in [3.05, 3.63) is 0 Å². The van der Waals surface area contributed by atoms with Crippen LogP contribution in [0.2, 0.25) is 0 Å². The minimum absolute atomic E-state index is 0.488. The molecule has 1 rings (SSSR count). The summed E-state index contributed by atoms with van der Waals surface area (Å²) < 4.78 is 0. The van der Waals surface area contributed by atoms with E-state index in [1.165, 1.54) is 12.8 Å². The third-order valence-corrected chi connectivity index (χ3v) is 1.88. The number of thiocarbonyl (C=S) groups is 1. The lowest BCUT2D eigenvalue weighted by molar-refractivity contribution is 0.249. The quantitative estimate of drug-likeness (QED) is 0.358. The Bertz CT molecular complexity index is 205. The molecule has 1 aliphatic carbocycles. The molecule has 13 heavy (non-hydrogen) atoms. The smallest absolute Gasteiger partial charge is 0.312 e. The molecule has 0 spiro atoms. The number of carbonyl (C=O) groups excluding carboxylic acids is 1. The van der Waals surface area contributed by atoms with Gasteiger partial charge in [0.2, 0.25) is 0 Å². The summed E-state index contributed by atoms with van der Waals surface area (Å²) in [7, 11) is 0. The number of primary amides is 1. The van der Waals surface area contributed by atoms with Crippen LogP contribution >= 0.6 is 12.2 Å². The molecule has 0 aliphatic heterocycles. The molecule has 0 radical (unpaired) electrons. The first-order valence-corrected chi connectivity index (χ1v) is 4.67. The summed E-state index contributed by atoms with van der Waals surface area (Å²) in [5, 5.41) is 9.18. The van der Waals surface area contributed by atoms with Crippen LogP contribution in [0.15, 0.2) is 0 Å². The summed E-state index contributed by atoms with van der Waals surface area (Å²) in [6.45, 7) is 1.09. The Labute approximate surface area is 82.4 Å². The maximum absolute atomic E-state index is 10.3. The number of rotatable bonds is 4. The van der Waals surface area contributed by atoms with Crippen LogP contribution in [0, 0.1) is 0 Å². The third kappa shape index (κ3) is 5.24. The van der Waals surface area contributed by atoms with Crippen molar-refractivity contribution < 1.29 is 4.79 Å². The fraction of sp³-hybridized carbons (Fsp3) is 0.714. The third-order valence-electron chi connectivity index (χ3n) is 1.62. The molecule has 0 aromatic carbocycles. The number of hydrogen-bond donors (Lipinski definition) is 4. The van der Waals surface area contributed by atoms with Crippen LogP contribution in [0.1, 0.15) is 12.8 Å². The number of nitrogens with two attached hydrogens (primary N) is 1. The molecule has 0 atom stereocenters. The van der Waals surface area contributed by atoms with E-state index in [4.69, 9.17) is 18.0 Å². The average Bonchev–Trinajstić information content (AvgIpc) is 2.81. The van der Waals surface area contributed by atoms with Gasteiger partial charge in [0.15, 0.2) is 5.11 Å². The highest BCUT2D eigenvalue weighted by molar-refractivity contribution is 7.80. The summed E-state index contributed by atoms with van der Waals surface area (Å²) in [6, 6.07) is 0.0481. The van der Waals surface area contributed by atoms with E-state index >= 15 is 0 Å². The van der Waals surface area contributed by atoms with E-state index in [1.807, 2.05) is 0 Å². The van der Waals surface area contributed by atoms with Gasteiger partial charge in [0.1, 0.15) is 0 Å². The van der Waals surface area contributed by atoms with E-state index in [0.29, 0.717) is 24.2 Å². The van der Waals surface area contributed by atoms with E-state index < -0.39 is 6.03 Å². The molecule has 5 nitrogen and oxygen atoms in total. The highest BCUT2D eigenvalue weighted by atomic mass is 32.1. The molecule has 0 saturated heterocycles. The van der Waals surface area contributed by atoms with Crippen LogP contribution in [0.25, 0.3) is 0 Å². The second-order valence-electron chi connectivity index (χ2n) is 2.97. The van der Waals surface area contributed by atoms with Gasteiger partial charge < -0.3 is 21.7 Å². The Kier molecular flexibility index (Phi) is 3.75. The zero-order valence-corrected chi connectivity index (χ0v) is 8.12. The van der Waals surface area contributed by atoms with Crippen molar-refractivity contribution in [2.45, 2.75) is 18.9 Å². The van der Waals surface area contributed by atoms with Crippen molar-refractivity contribution in [3.8, 4) is 0 Å². The van der Waals surface area contributed by atoms with Crippen LogP contribution in [-0.2, 0) is 0 Å². The fourth-order valence-electron chi connectivity index (χ4n) is 0.826. The van der Waals surface area contributed by atoms with E-state index in [0.717, 1.165) is 0 Å². The Hall–Kier alpha value is -1.04. The topological polar surface area (TPSA) is 79.2 Å². The standard InChI is InChI=1S/C7H14N4OS/c8-6(12)9-3-4-10-7(13)11-5-1-2-5/h5H,1-4H2,(H3,8,9,12)(H2,10,11,13). The van der Waals surface area contributed by atoms with Gasteiger partial charge >= 0.3 is 6.03 Å². The first-order chi connectivity index (χ1) is 6.18. The van der Waals surface area contributed by atoms with E-state index in [2.05, 4.69) is 16.0 Å². The first-order valence-electron chi connectivity index (χ1n) is 4.26. The molecule has 5 N–H and O–H groups in total. The number of hydrogen-bond acceptors (Lipinski definition) is 2. The van der Waals surface area contributed by atoms with Gasteiger partial charge in [-0.1, -0.05) is 0 Å². The van der Waals surface area contributed by atoms with Crippen LogP contribution in [-0.4, -0.2) is 30.3 Å². The molecule has 1 saturated carbocycles. The van der Waals surface area contributed by atoms with Crippen molar-refractivity contribution in [2.75, 3.05) is 13.1 Å². The lowest BCUT2D eigenvalue weighted by atomic mass is 10.6. The molecule has 1 aliphatic rings. The molecule has 0 heterocycles. The maximum Gasteiger partial charge on any atom is 0.312 e. The summed E-state index contributed by atoms with van der Waals surface area (Å²) in [5.74, 6) is 0. The molecule has 1 fully saturated rings. The second kappa shape index (κ2) is 4.86. The van der Waals surface area contributed by atoms with Crippen molar-refractivity contribution in [1.82, 2.24) is 16.0 Å². The van der Waals surface area contributed by atoms with E-state index in [-0.39, 0.29) is 0 Å². The summed E-state index contributed by atoms with van der Waals surface area (Å²) in [4.78, 5) is 10.3. The highest BCUT2D eigenvalue weighted by Gasteiger charge is 2.21. The zero-order chi connectivity index (χ0) is 9.68. The lowest BCUT2D eigenvalue weighted by Gasteiger charge is -2.09. The second-order valence-corrected chi connectivity index (χ2v) is 3.37. The Morgan fingerprint density at radius 2 is 2.00 bits per heavy atom. The number of nitrogens with one attached hydrogen (secondary N) is 3. The summed E-state index contributed by atoms with van der Waals surface area (Å²) in [6.07, 6.45) is 2.39. The zero-order valence-electron chi connectivity index (χ0n) is 7.30. The predicted octanol–water partition coefficient (Wildman–Crippen LogP) is -0.719. The van der Waals surface area contributed by atoms with Crippen molar-refractivity contribution >= 4 is 23.4 Å². The van der Waals surface area contributed by atoms with E-state index in [9.17, 15) is 4.79 Å². The minimum atomic E-state index is -0.511. The largest absolute Gasteiger partial charge is 0.361 e. The van der Waals surface area contributed by atoms with Gasteiger partial charge in [-0.3, -0.25) is 0 Å². The van der Waals surface area contributed by atoms with Gasteiger partial charge in [-0.05, 0) is 25.1 Å². The Morgan fingerprint density at radius 3 is 2.54 bits per heavy atom. The monoisotopic (exact) mass is 202 g/mol. The van der Waals surface area contributed by atoms with Crippen molar-refractivity contribution in [1.29, 1.82) is 0 Å². The van der Waals surface area contributed by atoms with Crippen LogP contribution in [0.5, 0.6) is 0 Å². The number of carbonyl (C=O) groups is 1. The SMILES string of the molecule is NC(=O)NCCNC(=S)NC1CC1.